The molecular formula is C16H15ClN4O2S. The first-order valence-corrected chi connectivity index (χ1v) is 9.46. The molecule has 124 valence electrons. The number of hydrogen-bond donors (Lipinski definition) is 1. The zero-order valence-electron chi connectivity index (χ0n) is 13.0. The quantitative estimate of drug-likeness (QED) is 0.775. The van der Waals surface area contributed by atoms with Crippen LogP contribution in [0, 0.1) is 0 Å². The summed E-state index contributed by atoms with van der Waals surface area (Å²) in [5.74, 6) is 0.294. The van der Waals surface area contributed by atoms with Crippen molar-refractivity contribution in [1.82, 2.24) is 14.6 Å². The summed E-state index contributed by atoms with van der Waals surface area (Å²) < 4.78 is 28.0. The summed E-state index contributed by atoms with van der Waals surface area (Å²) in [5.41, 5.74) is 2.50. The zero-order valence-corrected chi connectivity index (χ0v) is 14.5. The molecule has 2 heterocycles. The van der Waals surface area contributed by atoms with E-state index in [0.717, 1.165) is 30.5 Å². The largest absolute Gasteiger partial charge is 0.370 e. The fourth-order valence-electron chi connectivity index (χ4n) is 3.13. The van der Waals surface area contributed by atoms with Gasteiger partial charge in [0.05, 0.1) is 4.90 Å². The van der Waals surface area contributed by atoms with Crippen LogP contribution in [0.15, 0.2) is 40.3 Å². The average Bonchev–Trinajstić information content (AvgIpc) is 3.18. The topological polar surface area (TPSA) is 76.4 Å². The number of hydrogen-bond acceptors (Lipinski definition) is 5. The van der Waals surface area contributed by atoms with Gasteiger partial charge in [0.2, 0.25) is 9.84 Å². The van der Waals surface area contributed by atoms with Crippen molar-refractivity contribution in [1.29, 1.82) is 0 Å². The van der Waals surface area contributed by atoms with Gasteiger partial charge >= 0.3 is 0 Å². The molecule has 0 fully saturated rings. The minimum atomic E-state index is -3.80. The van der Waals surface area contributed by atoms with Crippen molar-refractivity contribution in [3.63, 3.8) is 0 Å². The minimum Gasteiger partial charge on any atom is -0.370 e. The summed E-state index contributed by atoms with van der Waals surface area (Å²) in [5, 5.41) is 7.70. The third kappa shape index (κ3) is 2.19. The third-order valence-corrected chi connectivity index (χ3v) is 6.28. The first-order chi connectivity index (χ1) is 11.5. The Hall–Kier alpha value is -2.12. The SMILES string of the molecule is CNc1nn2c3c(cnc2c1S(=O)(=O)c1cccc(Cl)c1)CCC3. The van der Waals surface area contributed by atoms with Gasteiger partial charge in [0.25, 0.3) is 0 Å². The Balaban J connectivity index is 2.03. The van der Waals surface area contributed by atoms with Gasteiger partial charge in [0, 0.05) is 24.0 Å². The summed E-state index contributed by atoms with van der Waals surface area (Å²) >= 11 is 5.96. The number of aromatic nitrogens is 3. The molecule has 8 heteroatoms. The van der Waals surface area contributed by atoms with Crippen LogP contribution < -0.4 is 5.32 Å². The maximum Gasteiger partial charge on any atom is 0.214 e. The third-order valence-electron chi connectivity index (χ3n) is 4.26. The van der Waals surface area contributed by atoms with Crippen molar-refractivity contribution >= 4 is 32.9 Å². The highest BCUT2D eigenvalue weighted by Crippen LogP contribution is 2.33. The van der Waals surface area contributed by atoms with Gasteiger partial charge in [-0.05, 0) is 43.0 Å². The van der Waals surface area contributed by atoms with Gasteiger partial charge in [-0.15, -0.1) is 5.10 Å². The van der Waals surface area contributed by atoms with E-state index < -0.39 is 9.84 Å². The van der Waals surface area contributed by atoms with Gasteiger partial charge < -0.3 is 5.32 Å². The molecule has 2 aromatic heterocycles. The van der Waals surface area contributed by atoms with E-state index in [1.807, 2.05) is 0 Å². The molecule has 0 unspecified atom stereocenters. The molecule has 0 spiro atoms. The lowest BCUT2D eigenvalue weighted by Crippen LogP contribution is -2.06. The van der Waals surface area contributed by atoms with E-state index in [2.05, 4.69) is 15.4 Å². The van der Waals surface area contributed by atoms with Crippen molar-refractivity contribution in [3.8, 4) is 0 Å². The molecule has 6 nitrogen and oxygen atoms in total. The van der Waals surface area contributed by atoms with Gasteiger partial charge in [-0.25, -0.2) is 17.9 Å². The minimum absolute atomic E-state index is 0.0852. The molecule has 0 radical (unpaired) electrons. The van der Waals surface area contributed by atoms with Crippen molar-refractivity contribution in [3.05, 3.63) is 46.7 Å². The van der Waals surface area contributed by atoms with Crippen molar-refractivity contribution in [2.75, 3.05) is 12.4 Å². The first kappa shape index (κ1) is 15.4. The van der Waals surface area contributed by atoms with Crippen LogP contribution in [-0.2, 0) is 22.7 Å². The Labute approximate surface area is 144 Å². The van der Waals surface area contributed by atoms with Crippen LogP contribution in [0.1, 0.15) is 17.7 Å². The van der Waals surface area contributed by atoms with E-state index in [0.29, 0.717) is 16.5 Å². The number of halogens is 1. The molecular weight excluding hydrogens is 348 g/mol. The molecule has 0 saturated heterocycles. The molecule has 3 aromatic rings. The lowest BCUT2D eigenvalue weighted by molar-refractivity contribution is 0.597. The summed E-state index contributed by atoms with van der Waals surface area (Å²) in [4.78, 5) is 4.60. The maximum atomic E-state index is 13.1. The van der Waals surface area contributed by atoms with E-state index in [1.54, 1.807) is 29.9 Å². The average molecular weight is 363 g/mol. The normalized spacial score (nSPS) is 14.1. The Kier molecular flexibility index (Phi) is 3.51. The lowest BCUT2D eigenvalue weighted by atomic mass is 10.3. The fraction of sp³-hybridized carbons (Fsp3) is 0.250. The van der Waals surface area contributed by atoms with E-state index in [4.69, 9.17) is 11.6 Å². The zero-order chi connectivity index (χ0) is 16.9. The van der Waals surface area contributed by atoms with E-state index in [-0.39, 0.29) is 9.79 Å². The van der Waals surface area contributed by atoms with Crippen LogP contribution in [0.4, 0.5) is 5.82 Å². The summed E-state index contributed by atoms with van der Waals surface area (Å²) in [6.07, 6.45) is 4.61. The Bertz CT molecular complexity index is 1060. The van der Waals surface area contributed by atoms with Crippen LogP contribution in [0.3, 0.4) is 0 Å². The van der Waals surface area contributed by atoms with E-state index in [9.17, 15) is 8.42 Å². The van der Waals surface area contributed by atoms with Crippen LogP contribution in [-0.4, -0.2) is 30.1 Å². The molecule has 24 heavy (non-hydrogen) atoms. The fourth-order valence-corrected chi connectivity index (χ4v) is 4.94. The number of rotatable bonds is 3. The highest BCUT2D eigenvalue weighted by atomic mass is 35.5. The van der Waals surface area contributed by atoms with Crippen LogP contribution >= 0.6 is 11.6 Å². The predicted molar refractivity (Wildman–Crippen MR) is 91.5 cm³/mol. The second-order valence-electron chi connectivity index (χ2n) is 5.71. The molecule has 0 amide bonds. The highest BCUT2D eigenvalue weighted by Gasteiger charge is 2.30. The standard InChI is InChI=1S/C16H15ClN4O2S/c1-18-15-14(24(22,23)12-6-3-5-11(17)8-12)16-19-9-10-4-2-7-13(10)21(16)20-15/h3,5-6,8-9H,2,4,7H2,1H3,(H,18,20). The summed E-state index contributed by atoms with van der Waals surface area (Å²) in [7, 11) is -2.15. The van der Waals surface area contributed by atoms with E-state index in [1.165, 1.54) is 12.1 Å². The smallest absolute Gasteiger partial charge is 0.214 e. The molecule has 4 rings (SSSR count). The molecule has 0 saturated carbocycles. The van der Waals surface area contributed by atoms with Gasteiger partial charge in [-0.3, -0.25) is 0 Å². The Morgan fingerprint density at radius 2 is 2.12 bits per heavy atom. The number of nitrogens with zero attached hydrogens (tertiary/aromatic N) is 3. The first-order valence-electron chi connectivity index (χ1n) is 7.60. The number of nitrogens with one attached hydrogen (secondary N) is 1. The number of anilines is 1. The van der Waals surface area contributed by atoms with Crippen molar-refractivity contribution in [2.45, 2.75) is 29.1 Å². The Morgan fingerprint density at radius 3 is 2.88 bits per heavy atom. The molecule has 1 aromatic carbocycles. The van der Waals surface area contributed by atoms with Crippen molar-refractivity contribution < 1.29 is 8.42 Å². The summed E-state index contributed by atoms with van der Waals surface area (Å²) in [6.45, 7) is 0. The van der Waals surface area contributed by atoms with Gasteiger partial charge in [0.1, 0.15) is 0 Å². The highest BCUT2D eigenvalue weighted by molar-refractivity contribution is 7.91. The second kappa shape index (κ2) is 5.46. The number of fused-ring (bicyclic) bond motifs is 3. The number of benzene rings is 1. The summed E-state index contributed by atoms with van der Waals surface area (Å²) in [6, 6.07) is 6.22. The maximum absolute atomic E-state index is 13.1. The molecule has 1 aliphatic rings. The van der Waals surface area contributed by atoms with Crippen LogP contribution in [0.25, 0.3) is 5.65 Å². The number of sulfone groups is 1. The molecule has 0 atom stereocenters. The lowest BCUT2D eigenvalue weighted by Gasteiger charge is -2.06. The molecule has 1 aliphatic carbocycles. The van der Waals surface area contributed by atoms with Crippen LogP contribution in [0.2, 0.25) is 5.02 Å². The molecule has 0 bridgehead atoms. The second-order valence-corrected chi connectivity index (χ2v) is 8.03. The molecule has 0 aliphatic heterocycles. The van der Waals surface area contributed by atoms with Crippen molar-refractivity contribution in [2.24, 2.45) is 0 Å². The van der Waals surface area contributed by atoms with Gasteiger partial charge in [-0.1, -0.05) is 17.7 Å². The van der Waals surface area contributed by atoms with E-state index >= 15 is 0 Å². The molecule has 1 N–H and O–H groups in total. The van der Waals surface area contributed by atoms with Gasteiger partial charge in [0.15, 0.2) is 16.4 Å². The Morgan fingerprint density at radius 1 is 1.29 bits per heavy atom. The number of aryl methyl sites for hydroxylation is 2. The van der Waals surface area contributed by atoms with Crippen LogP contribution in [0.5, 0.6) is 0 Å². The van der Waals surface area contributed by atoms with Gasteiger partial charge in [-0.2, -0.15) is 0 Å². The monoisotopic (exact) mass is 362 g/mol. The predicted octanol–water partition coefficient (Wildman–Crippen LogP) is 2.75.